The van der Waals surface area contributed by atoms with Crippen LogP contribution in [0.15, 0.2) is 53.4 Å². The number of hydrogen-bond acceptors (Lipinski definition) is 3. The Balaban J connectivity index is 1.77. The molecule has 0 saturated carbocycles. The number of aryl methyl sites for hydroxylation is 1. The lowest BCUT2D eigenvalue weighted by atomic mass is 10.1. The Morgan fingerprint density at radius 3 is 2.38 bits per heavy atom. The largest absolute Gasteiger partial charge is 0.339 e. The topological polar surface area (TPSA) is 66.5 Å². The zero-order valence-corrected chi connectivity index (χ0v) is 15.9. The maximum absolute atomic E-state index is 12.7. The molecule has 1 amide bonds. The van der Waals surface area contributed by atoms with Gasteiger partial charge >= 0.3 is 0 Å². The van der Waals surface area contributed by atoms with Crippen molar-refractivity contribution in [2.24, 2.45) is 0 Å². The summed E-state index contributed by atoms with van der Waals surface area (Å²) in [6.45, 7) is 5.09. The molecule has 2 aromatic rings. The molecule has 0 spiro atoms. The molecule has 0 heterocycles. The smallest absolute Gasteiger partial charge is 0.253 e. The van der Waals surface area contributed by atoms with E-state index in [2.05, 4.69) is 4.72 Å². The van der Waals surface area contributed by atoms with E-state index >= 15 is 0 Å². The average molecular weight is 372 g/mol. The van der Waals surface area contributed by atoms with Crippen LogP contribution in [-0.2, 0) is 16.4 Å². The van der Waals surface area contributed by atoms with Gasteiger partial charge in [-0.05, 0) is 62.1 Å². The Morgan fingerprint density at radius 2 is 1.73 bits per heavy atom. The van der Waals surface area contributed by atoms with Crippen LogP contribution in [0.1, 0.15) is 47.8 Å². The SMILES string of the molecule is CCN(CC)C(=O)c1ccc(S(=O)(=O)NC2CCc3ccccc32)cc1. The third-order valence-electron chi connectivity index (χ3n) is 4.89. The first kappa shape index (κ1) is 18.6. The van der Waals surface area contributed by atoms with Gasteiger partial charge in [-0.3, -0.25) is 4.79 Å². The summed E-state index contributed by atoms with van der Waals surface area (Å²) in [5, 5.41) is 0. The van der Waals surface area contributed by atoms with Gasteiger partial charge in [0.25, 0.3) is 5.91 Å². The van der Waals surface area contributed by atoms with Gasteiger partial charge in [0.1, 0.15) is 0 Å². The van der Waals surface area contributed by atoms with E-state index in [-0.39, 0.29) is 16.8 Å². The number of hydrogen-bond donors (Lipinski definition) is 1. The van der Waals surface area contributed by atoms with Gasteiger partial charge in [0.15, 0.2) is 0 Å². The lowest BCUT2D eigenvalue weighted by molar-refractivity contribution is 0.0773. The molecule has 138 valence electrons. The van der Waals surface area contributed by atoms with Crippen LogP contribution < -0.4 is 4.72 Å². The van der Waals surface area contributed by atoms with Crippen molar-refractivity contribution in [3.05, 3.63) is 65.2 Å². The molecule has 0 aliphatic heterocycles. The summed E-state index contributed by atoms with van der Waals surface area (Å²) in [4.78, 5) is 14.2. The van der Waals surface area contributed by atoms with Crippen LogP contribution >= 0.6 is 0 Å². The maximum atomic E-state index is 12.7. The second-order valence-corrected chi connectivity index (χ2v) is 8.13. The van der Waals surface area contributed by atoms with E-state index in [4.69, 9.17) is 0 Å². The van der Waals surface area contributed by atoms with E-state index in [0.29, 0.717) is 18.7 Å². The summed E-state index contributed by atoms with van der Waals surface area (Å²) < 4.78 is 28.2. The fourth-order valence-corrected chi connectivity index (χ4v) is 4.65. The highest BCUT2D eigenvalue weighted by Crippen LogP contribution is 2.32. The van der Waals surface area contributed by atoms with Crippen molar-refractivity contribution in [1.82, 2.24) is 9.62 Å². The summed E-state index contributed by atoms with van der Waals surface area (Å²) in [5.41, 5.74) is 2.74. The van der Waals surface area contributed by atoms with Crippen LogP contribution in [0.4, 0.5) is 0 Å². The van der Waals surface area contributed by atoms with Crippen molar-refractivity contribution in [2.45, 2.75) is 37.6 Å². The third-order valence-corrected chi connectivity index (χ3v) is 6.38. The van der Waals surface area contributed by atoms with Gasteiger partial charge < -0.3 is 4.90 Å². The lowest BCUT2D eigenvalue weighted by Crippen LogP contribution is -2.30. The van der Waals surface area contributed by atoms with Gasteiger partial charge in [-0.2, -0.15) is 0 Å². The molecule has 0 fully saturated rings. The number of rotatable bonds is 6. The van der Waals surface area contributed by atoms with Crippen LogP contribution in [0.3, 0.4) is 0 Å². The number of carbonyl (C=O) groups excluding carboxylic acids is 1. The fourth-order valence-electron chi connectivity index (χ4n) is 3.40. The molecule has 6 heteroatoms. The van der Waals surface area contributed by atoms with Crippen molar-refractivity contribution in [1.29, 1.82) is 0 Å². The Labute approximate surface area is 155 Å². The predicted molar refractivity (Wildman–Crippen MR) is 102 cm³/mol. The van der Waals surface area contributed by atoms with E-state index < -0.39 is 10.0 Å². The Bertz CT molecular complexity index is 888. The van der Waals surface area contributed by atoms with Crippen molar-refractivity contribution in [3.8, 4) is 0 Å². The number of benzene rings is 2. The van der Waals surface area contributed by atoms with Gasteiger partial charge in [-0.15, -0.1) is 0 Å². The van der Waals surface area contributed by atoms with Crippen LogP contribution in [0.5, 0.6) is 0 Å². The molecule has 1 N–H and O–H groups in total. The first-order chi connectivity index (χ1) is 12.5. The van der Waals surface area contributed by atoms with E-state index in [1.807, 2.05) is 38.1 Å². The summed E-state index contributed by atoms with van der Waals surface area (Å²) >= 11 is 0. The number of nitrogens with one attached hydrogen (secondary N) is 1. The zero-order chi connectivity index (χ0) is 18.7. The van der Waals surface area contributed by atoms with Crippen molar-refractivity contribution < 1.29 is 13.2 Å². The highest BCUT2D eigenvalue weighted by Gasteiger charge is 2.27. The number of carbonyl (C=O) groups is 1. The maximum Gasteiger partial charge on any atom is 0.253 e. The molecule has 1 unspecified atom stereocenters. The quantitative estimate of drug-likeness (QED) is 0.847. The fraction of sp³-hybridized carbons (Fsp3) is 0.350. The lowest BCUT2D eigenvalue weighted by Gasteiger charge is -2.19. The molecule has 2 aromatic carbocycles. The molecule has 0 radical (unpaired) electrons. The second kappa shape index (κ2) is 7.60. The summed E-state index contributed by atoms with van der Waals surface area (Å²) in [5.74, 6) is -0.0865. The number of amides is 1. The van der Waals surface area contributed by atoms with Crippen LogP contribution in [0, 0.1) is 0 Å². The molecular formula is C20H24N2O3S. The van der Waals surface area contributed by atoms with E-state index in [1.54, 1.807) is 17.0 Å². The van der Waals surface area contributed by atoms with Gasteiger partial charge in [0, 0.05) is 24.7 Å². The molecule has 0 saturated heterocycles. The van der Waals surface area contributed by atoms with Crippen LogP contribution in [0.25, 0.3) is 0 Å². The molecule has 5 nitrogen and oxygen atoms in total. The van der Waals surface area contributed by atoms with E-state index in [1.165, 1.54) is 17.7 Å². The normalized spacial score (nSPS) is 16.3. The molecule has 0 bridgehead atoms. The number of fused-ring (bicyclic) bond motifs is 1. The molecule has 1 aliphatic carbocycles. The van der Waals surface area contributed by atoms with E-state index in [0.717, 1.165) is 18.4 Å². The molecular weight excluding hydrogens is 348 g/mol. The van der Waals surface area contributed by atoms with Crippen molar-refractivity contribution in [2.75, 3.05) is 13.1 Å². The van der Waals surface area contributed by atoms with Crippen molar-refractivity contribution in [3.63, 3.8) is 0 Å². The molecule has 1 atom stereocenters. The van der Waals surface area contributed by atoms with Gasteiger partial charge in [0.05, 0.1) is 4.90 Å². The Kier molecular flexibility index (Phi) is 5.44. The Hall–Kier alpha value is -2.18. The van der Waals surface area contributed by atoms with Crippen LogP contribution in [-0.4, -0.2) is 32.3 Å². The van der Waals surface area contributed by atoms with Gasteiger partial charge in [-0.25, -0.2) is 13.1 Å². The molecule has 1 aliphatic rings. The highest BCUT2D eigenvalue weighted by molar-refractivity contribution is 7.89. The predicted octanol–water partition coefficient (Wildman–Crippen LogP) is 3.13. The minimum atomic E-state index is -3.64. The zero-order valence-electron chi connectivity index (χ0n) is 15.1. The molecule has 3 rings (SSSR count). The monoisotopic (exact) mass is 372 g/mol. The van der Waals surface area contributed by atoms with Gasteiger partial charge in [-0.1, -0.05) is 24.3 Å². The summed E-state index contributed by atoms with van der Waals surface area (Å²) in [6.07, 6.45) is 1.64. The van der Waals surface area contributed by atoms with Crippen molar-refractivity contribution >= 4 is 15.9 Å². The molecule has 26 heavy (non-hydrogen) atoms. The third kappa shape index (κ3) is 3.66. The van der Waals surface area contributed by atoms with Gasteiger partial charge in [0.2, 0.25) is 10.0 Å². The summed E-state index contributed by atoms with van der Waals surface area (Å²) in [6, 6.07) is 13.9. The minimum Gasteiger partial charge on any atom is -0.339 e. The molecule has 0 aromatic heterocycles. The first-order valence-electron chi connectivity index (χ1n) is 8.95. The standard InChI is InChI=1S/C20H24N2O3S/c1-3-22(4-2)20(23)16-9-12-17(13-10-16)26(24,25)21-19-14-11-15-7-5-6-8-18(15)19/h5-10,12-13,19,21H,3-4,11,14H2,1-2H3. The Morgan fingerprint density at radius 1 is 1.08 bits per heavy atom. The first-order valence-corrected chi connectivity index (χ1v) is 10.4. The second-order valence-electron chi connectivity index (χ2n) is 6.41. The number of sulfonamides is 1. The average Bonchev–Trinajstić information content (AvgIpc) is 3.05. The van der Waals surface area contributed by atoms with E-state index in [9.17, 15) is 13.2 Å². The minimum absolute atomic E-state index is 0.0865. The summed E-state index contributed by atoms with van der Waals surface area (Å²) in [7, 11) is -3.64. The number of nitrogens with zero attached hydrogens (tertiary/aromatic N) is 1. The highest BCUT2D eigenvalue weighted by atomic mass is 32.2. The van der Waals surface area contributed by atoms with Crippen LogP contribution in [0.2, 0.25) is 0 Å².